The van der Waals surface area contributed by atoms with Crippen LogP contribution >= 0.6 is 0 Å². The maximum absolute atomic E-state index is 12.8. The first-order valence-corrected chi connectivity index (χ1v) is 10.1. The summed E-state index contributed by atoms with van der Waals surface area (Å²) < 4.78 is 0. The molecule has 0 bridgehead atoms. The lowest BCUT2D eigenvalue weighted by Gasteiger charge is -2.48. The smallest absolute Gasteiger partial charge is 0.228 e. The predicted octanol–water partition coefficient (Wildman–Crippen LogP) is 2.33. The molecule has 3 aliphatic rings. The SMILES string of the molecule is CC1CCC(N2CCN(C(=O)C3CN(C(C)C)C3)C[C@H]2CC#N)CC1. The van der Waals surface area contributed by atoms with Gasteiger partial charge in [0, 0.05) is 50.8 Å². The fourth-order valence-electron chi connectivity index (χ4n) is 4.76. The van der Waals surface area contributed by atoms with Crippen LogP contribution in [-0.4, -0.2) is 71.5 Å². The molecule has 0 aromatic rings. The van der Waals surface area contributed by atoms with Crippen LogP contribution in [-0.2, 0) is 4.79 Å². The van der Waals surface area contributed by atoms with E-state index >= 15 is 0 Å². The van der Waals surface area contributed by atoms with Crippen LogP contribution in [0.3, 0.4) is 0 Å². The molecule has 1 saturated carbocycles. The van der Waals surface area contributed by atoms with Gasteiger partial charge in [0.15, 0.2) is 0 Å². The monoisotopic (exact) mass is 346 g/mol. The van der Waals surface area contributed by atoms with Crippen molar-refractivity contribution in [3.8, 4) is 6.07 Å². The second kappa shape index (κ2) is 8.05. The fourth-order valence-corrected chi connectivity index (χ4v) is 4.76. The molecule has 2 aliphatic heterocycles. The summed E-state index contributed by atoms with van der Waals surface area (Å²) in [5.41, 5.74) is 0. The number of nitriles is 1. The van der Waals surface area contributed by atoms with Gasteiger partial charge in [-0.05, 0) is 45.4 Å². The summed E-state index contributed by atoms with van der Waals surface area (Å²) in [7, 11) is 0. The van der Waals surface area contributed by atoms with Gasteiger partial charge in [-0.15, -0.1) is 0 Å². The van der Waals surface area contributed by atoms with E-state index in [1.807, 2.05) is 4.90 Å². The van der Waals surface area contributed by atoms with E-state index in [0.717, 1.165) is 38.6 Å². The second-order valence-corrected chi connectivity index (χ2v) is 8.70. The van der Waals surface area contributed by atoms with Gasteiger partial charge in [0.2, 0.25) is 5.91 Å². The van der Waals surface area contributed by atoms with Crippen LogP contribution in [0.25, 0.3) is 0 Å². The zero-order valence-electron chi connectivity index (χ0n) is 16.2. The molecule has 3 fully saturated rings. The standard InChI is InChI=1S/C20H34N4O/c1-15(2)23-12-17(13-23)20(25)22-10-11-24(19(14-22)8-9-21)18-6-4-16(3)5-7-18/h15-19H,4-8,10-14H2,1-3H3/t16?,18?,19-/m1/s1. The summed E-state index contributed by atoms with van der Waals surface area (Å²) >= 11 is 0. The largest absolute Gasteiger partial charge is 0.339 e. The number of nitrogens with zero attached hydrogens (tertiary/aromatic N) is 4. The van der Waals surface area contributed by atoms with Gasteiger partial charge in [-0.3, -0.25) is 14.6 Å². The van der Waals surface area contributed by atoms with E-state index < -0.39 is 0 Å². The van der Waals surface area contributed by atoms with Gasteiger partial charge < -0.3 is 4.90 Å². The molecule has 0 N–H and O–H groups in total. The highest BCUT2D eigenvalue weighted by Crippen LogP contribution is 2.31. The van der Waals surface area contributed by atoms with Gasteiger partial charge in [-0.1, -0.05) is 6.92 Å². The third-order valence-electron chi connectivity index (χ3n) is 6.61. The van der Waals surface area contributed by atoms with E-state index in [1.54, 1.807) is 0 Å². The number of rotatable bonds is 4. The Kier molecular flexibility index (Phi) is 6.01. The molecule has 2 saturated heterocycles. The highest BCUT2D eigenvalue weighted by Gasteiger charge is 2.40. The molecule has 140 valence electrons. The van der Waals surface area contributed by atoms with E-state index in [0.29, 0.717) is 24.4 Å². The van der Waals surface area contributed by atoms with Crippen molar-refractivity contribution in [3.05, 3.63) is 0 Å². The van der Waals surface area contributed by atoms with Crippen molar-refractivity contribution in [1.29, 1.82) is 5.26 Å². The van der Waals surface area contributed by atoms with Crippen molar-refractivity contribution < 1.29 is 4.79 Å². The van der Waals surface area contributed by atoms with Crippen LogP contribution < -0.4 is 0 Å². The number of hydrogen-bond donors (Lipinski definition) is 0. The quantitative estimate of drug-likeness (QED) is 0.784. The number of carbonyl (C=O) groups is 1. The summed E-state index contributed by atoms with van der Waals surface area (Å²) in [6.07, 6.45) is 5.65. The van der Waals surface area contributed by atoms with Gasteiger partial charge in [0.25, 0.3) is 0 Å². The molecule has 3 rings (SSSR count). The molecule has 0 radical (unpaired) electrons. The Hall–Kier alpha value is -1.12. The topological polar surface area (TPSA) is 50.6 Å². The second-order valence-electron chi connectivity index (χ2n) is 8.70. The lowest BCUT2D eigenvalue weighted by atomic mass is 9.85. The van der Waals surface area contributed by atoms with Gasteiger partial charge in [-0.25, -0.2) is 0 Å². The number of amides is 1. The van der Waals surface area contributed by atoms with Crippen molar-refractivity contribution in [2.45, 2.75) is 71.0 Å². The summed E-state index contributed by atoms with van der Waals surface area (Å²) in [6.45, 7) is 11.1. The molecule has 1 aliphatic carbocycles. The molecule has 1 amide bonds. The molecule has 25 heavy (non-hydrogen) atoms. The molecule has 1 atom stereocenters. The van der Waals surface area contributed by atoms with Crippen molar-refractivity contribution in [2.24, 2.45) is 11.8 Å². The summed E-state index contributed by atoms with van der Waals surface area (Å²) in [5.74, 6) is 1.33. The molecule has 0 aromatic carbocycles. The van der Waals surface area contributed by atoms with Gasteiger partial charge in [0.05, 0.1) is 18.4 Å². The van der Waals surface area contributed by atoms with Crippen LogP contribution in [0.4, 0.5) is 0 Å². The molecular formula is C20H34N4O. The highest BCUT2D eigenvalue weighted by molar-refractivity contribution is 5.80. The first kappa shape index (κ1) is 18.7. The molecular weight excluding hydrogens is 312 g/mol. The van der Waals surface area contributed by atoms with E-state index in [-0.39, 0.29) is 12.0 Å². The zero-order chi connectivity index (χ0) is 18.0. The first-order valence-electron chi connectivity index (χ1n) is 10.1. The average molecular weight is 347 g/mol. The Morgan fingerprint density at radius 1 is 1.12 bits per heavy atom. The maximum atomic E-state index is 12.8. The Morgan fingerprint density at radius 3 is 2.40 bits per heavy atom. The third-order valence-corrected chi connectivity index (χ3v) is 6.61. The van der Waals surface area contributed by atoms with Crippen molar-refractivity contribution in [3.63, 3.8) is 0 Å². The van der Waals surface area contributed by atoms with Crippen molar-refractivity contribution in [1.82, 2.24) is 14.7 Å². The van der Waals surface area contributed by atoms with Gasteiger partial charge in [-0.2, -0.15) is 5.26 Å². The van der Waals surface area contributed by atoms with Crippen molar-refractivity contribution in [2.75, 3.05) is 32.7 Å². The summed E-state index contributed by atoms with van der Waals surface area (Å²) in [5, 5.41) is 9.28. The Bertz CT molecular complexity index is 500. The van der Waals surface area contributed by atoms with E-state index in [1.165, 1.54) is 25.7 Å². The summed E-state index contributed by atoms with van der Waals surface area (Å²) in [4.78, 5) is 19.8. The normalized spacial score (nSPS) is 32.4. The predicted molar refractivity (Wildman–Crippen MR) is 98.9 cm³/mol. The van der Waals surface area contributed by atoms with Crippen LogP contribution in [0.5, 0.6) is 0 Å². The van der Waals surface area contributed by atoms with Crippen LogP contribution in [0.1, 0.15) is 52.9 Å². The molecule has 0 aromatic heterocycles. The Labute approximate surface area is 152 Å². The first-order chi connectivity index (χ1) is 12.0. The molecule has 5 nitrogen and oxygen atoms in total. The lowest BCUT2D eigenvalue weighted by Crippen LogP contribution is -2.62. The minimum absolute atomic E-state index is 0.173. The van der Waals surface area contributed by atoms with E-state index in [4.69, 9.17) is 0 Å². The van der Waals surface area contributed by atoms with Crippen LogP contribution in [0.15, 0.2) is 0 Å². The fraction of sp³-hybridized carbons (Fsp3) is 0.900. The Morgan fingerprint density at radius 2 is 1.80 bits per heavy atom. The number of piperazine rings is 1. The lowest BCUT2D eigenvalue weighted by molar-refractivity contribution is -0.145. The zero-order valence-corrected chi connectivity index (χ0v) is 16.2. The van der Waals surface area contributed by atoms with Crippen LogP contribution in [0.2, 0.25) is 0 Å². The van der Waals surface area contributed by atoms with E-state index in [9.17, 15) is 10.1 Å². The van der Waals surface area contributed by atoms with Gasteiger partial charge >= 0.3 is 0 Å². The molecule has 0 unspecified atom stereocenters. The number of hydrogen-bond acceptors (Lipinski definition) is 4. The van der Waals surface area contributed by atoms with E-state index in [2.05, 4.69) is 36.6 Å². The number of carbonyl (C=O) groups excluding carboxylic acids is 1. The molecule has 5 heteroatoms. The molecule has 2 heterocycles. The third kappa shape index (κ3) is 4.17. The summed E-state index contributed by atoms with van der Waals surface area (Å²) in [6, 6.07) is 3.74. The minimum Gasteiger partial charge on any atom is -0.339 e. The van der Waals surface area contributed by atoms with Crippen LogP contribution in [0, 0.1) is 23.2 Å². The van der Waals surface area contributed by atoms with Gasteiger partial charge in [0.1, 0.15) is 0 Å². The highest BCUT2D eigenvalue weighted by atomic mass is 16.2. The Balaban J connectivity index is 1.56. The minimum atomic E-state index is 0.173. The van der Waals surface area contributed by atoms with Crippen molar-refractivity contribution >= 4 is 5.91 Å². The average Bonchev–Trinajstić information content (AvgIpc) is 2.54. The maximum Gasteiger partial charge on any atom is 0.228 e. The number of likely N-dealkylation sites (tertiary alicyclic amines) is 1. The molecule has 0 spiro atoms.